The Labute approximate surface area is 220 Å². The third-order valence-electron chi connectivity index (χ3n) is 12.9. The first kappa shape index (κ1) is 26.7. The molecule has 0 amide bonds. The molecule has 9 atom stereocenters. The molecule has 3 fully saturated rings. The number of epoxide rings is 1. The molecule has 5 aliphatic rings. The Morgan fingerprint density at radius 3 is 2.28 bits per heavy atom. The molecule has 0 aromatic carbocycles. The summed E-state index contributed by atoms with van der Waals surface area (Å²) < 4.78 is 11.7. The van der Waals surface area contributed by atoms with E-state index in [0.29, 0.717) is 17.8 Å². The van der Waals surface area contributed by atoms with E-state index in [-0.39, 0.29) is 51.5 Å². The Morgan fingerprint density at radius 2 is 1.67 bits per heavy atom. The first-order chi connectivity index (χ1) is 16.6. The van der Waals surface area contributed by atoms with Crippen molar-refractivity contribution in [2.24, 2.45) is 39.4 Å². The van der Waals surface area contributed by atoms with Crippen LogP contribution in [0.5, 0.6) is 0 Å². The molecule has 204 valence electrons. The third-order valence-corrected chi connectivity index (χ3v) is 12.9. The van der Waals surface area contributed by atoms with Crippen LogP contribution in [0, 0.1) is 39.4 Å². The van der Waals surface area contributed by atoms with Gasteiger partial charge in [0, 0.05) is 18.8 Å². The predicted octanol–water partition coefficient (Wildman–Crippen LogP) is 7.23. The van der Waals surface area contributed by atoms with Gasteiger partial charge in [0.05, 0.1) is 17.8 Å². The number of ether oxygens (including phenoxy) is 2. The minimum atomic E-state index is -0.290. The topological polar surface area (TPSA) is 59.1 Å². The Balaban J connectivity index is 1.41. The molecule has 0 spiro atoms. The summed E-state index contributed by atoms with van der Waals surface area (Å²) in [6.07, 6.45) is 10.1. The molecule has 5 rings (SSSR count). The standard InChI is InChI=1S/C32H52O4/c1-19(24(34)18-27-29(5,6)36-27)21-12-16-32(9)23-10-11-25-28(3,4)26(35-20(2)33)14-15-30(25,7)22(23)13-17-31(21,32)8/h19,21,24-27,34H,10-18H2,1-9H3/t19-,21+,24?,25?,26-,27?,30+,31+,32-/m0/s1. The van der Waals surface area contributed by atoms with E-state index in [1.54, 1.807) is 18.1 Å². The van der Waals surface area contributed by atoms with Crippen molar-refractivity contribution in [3.05, 3.63) is 11.1 Å². The highest BCUT2D eigenvalue weighted by molar-refractivity contribution is 5.66. The smallest absolute Gasteiger partial charge is 0.302 e. The van der Waals surface area contributed by atoms with E-state index in [9.17, 15) is 9.90 Å². The Hall–Kier alpha value is -0.870. The average molecular weight is 501 g/mol. The number of hydrogen-bond donors (Lipinski definition) is 1. The molecule has 0 bridgehead atoms. The van der Waals surface area contributed by atoms with Crippen LogP contribution in [0.1, 0.15) is 120 Å². The van der Waals surface area contributed by atoms with Crippen LogP contribution in [0.25, 0.3) is 0 Å². The van der Waals surface area contributed by atoms with Gasteiger partial charge in [-0.1, -0.05) is 52.7 Å². The molecule has 0 aromatic rings. The summed E-state index contributed by atoms with van der Waals surface area (Å²) in [4.78, 5) is 11.8. The van der Waals surface area contributed by atoms with Gasteiger partial charge in [0.15, 0.2) is 0 Å². The normalized spacial score (nSPS) is 46.3. The fraction of sp³-hybridized carbons (Fsp3) is 0.906. The summed E-state index contributed by atoms with van der Waals surface area (Å²) in [6, 6.07) is 0. The molecule has 4 aliphatic carbocycles. The molecule has 36 heavy (non-hydrogen) atoms. The maximum atomic E-state index is 11.8. The van der Waals surface area contributed by atoms with E-state index < -0.39 is 0 Å². The minimum Gasteiger partial charge on any atom is -0.462 e. The first-order valence-corrected chi connectivity index (χ1v) is 14.8. The highest BCUT2D eigenvalue weighted by atomic mass is 16.6. The molecule has 4 nitrogen and oxygen atoms in total. The van der Waals surface area contributed by atoms with E-state index in [4.69, 9.17) is 9.47 Å². The number of esters is 1. The Morgan fingerprint density at radius 1 is 1.00 bits per heavy atom. The van der Waals surface area contributed by atoms with Crippen molar-refractivity contribution >= 4 is 5.97 Å². The van der Waals surface area contributed by atoms with E-state index >= 15 is 0 Å². The zero-order chi connectivity index (χ0) is 26.5. The monoisotopic (exact) mass is 500 g/mol. The van der Waals surface area contributed by atoms with Crippen molar-refractivity contribution in [1.29, 1.82) is 0 Å². The van der Waals surface area contributed by atoms with Crippen LogP contribution in [-0.2, 0) is 14.3 Å². The fourth-order valence-corrected chi connectivity index (χ4v) is 10.3. The fourth-order valence-electron chi connectivity index (χ4n) is 10.3. The quantitative estimate of drug-likeness (QED) is 0.246. The van der Waals surface area contributed by atoms with Crippen LogP contribution in [-0.4, -0.2) is 35.0 Å². The van der Waals surface area contributed by atoms with Crippen molar-refractivity contribution in [1.82, 2.24) is 0 Å². The molecular weight excluding hydrogens is 448 g/mol. The van der Waals surface area contributed by atoms with E-state index in [2.05, 4.69) is 55.4 Å². The lowest BCUT2D eigenvalue weighted by molar-refractivity contribution is -0.167. The lowest BCUT2D eigenvalue weighted by atomic mass is 9.43. The number of hydrogen-bond acceptors (Lipinski definition) is 4. The van der Waals surface area contributed by atoms with E-state index in [1.165, 1.54) is 38.5 Å². The number of allylic oxidation sites excluding steroid dienone is 2. The van der Waals surface area contributed by atoms with Crippen molar-refractivity contribution in [2.75, 3.05) is 0 Å². The van der Waals surface area contributed by atoms with Gasteiger partial charge in [-0.25, -0.2) is 0 Å². The van der Waals surface area contributed by atoms with E-state index in [1.807, 2.05) is 0 Å². The highest BCUT2D eigenvalue weighted by Gasteiger charge is 2.64. The first-order valence-electron chi connectivity index (χ1n) is 14.8. The number of aliphatic hydroxyl groups is 1. The molecule has 3 unspecified atom stereocenters. The predicted molar refractivity (Wildman–Crippen MR) is 143 cm³/mol. The third kappa shape index (κ3) is 3.70. The van der Waals surface area contributed by atoms with Crippen molar-refractivity contribution in [2.45, 2.75) is 144 Å². The molecule has 0 aromatic heterocycles. The Kier molecular flexibility index (Phi) is 6.17. The molecule has 4 heteroatoms. The SMILES string of the molecule is CC(=O)O[C@H]1CC[C@]2(C)C3=C(CCC2C1(C)C)[C@]1(C)CC[C@H]([C@H](C)C(O)CC2OC2(C)C)[C@@]1(C)CC3. The number of aliphatic hydroxyl groups excluding tert-OH is 1. The van der Waals surface area contributed by atoms with Gasteiger partial charge in [-0.15, -0.1) is 0 Å². The second-order valence-corrected chi connectivity index (χ2v) is 15.2. The van der Waals surface area contributed by atoms with Crippen LogP contribution in [0.15, 0.2) is 11.1 Å². The summed E-state index contributed by atoms with van der Waals surface area (Å²) >= 11 is 0. The van der Waals surface area contributed by atoms with Crippen LogP contribution in [0.2, 0.25) is 0 Å². The highest BCUT2D eigenvalue weighted by Crippen LogP contribution is 2.72. The van der Waals surface area contributed by atoms with Crippen LogP contribution >= 0.6 is 0 Å². The molecule has 1 saturated heterocycles. The molecular formula is C32H52O4. The molecule has 1 heterocycles. The van der Waals surface area contributed by atoms with Crippen molar-refractivity contribution in [3.8, 4) is 0 Å². The minimum absolute atomic E-state index is 0.00561. The maximum Gasteiger partial charge on any atom is 0.302 e. The largest absolute Gasteiger partial charge is 0.462 e. The second kappa shape index (κ2) is 8.31. The summed E-state index contributed by atoms with van der Waals surface area (Å²) in [6.45, 7) is 20.5. The molecule has 1 N–H and O–H groups in total. The zero-order valence-electron chi connectivity index (χ0n) is 24.5. The van der Waals surface area contributed by atoms with E-state index in [0.717, 1.165) is 19.3 Å². The van der Waals surface area contributed by atoms with Crippen molar-refractivity contribution < 1.29 is 19.4 Å². The zero-order valence-corrected chi connectivity index (χ0v) is 24.5. The number of carbonyl (C=O) groups is 1. The Bertz CT molecular complexity index is 948. The number of carbonyl (C=O) groups excluding carboxylic acids is 1. The van der Waals surface area contributed by atoms with Gasteiger partial charge in [0.2, 0.25) is 0 Å². The average Bonchev–Trinajstić information content (AvgIpc) is 3.26. The van der Waals surface area contributed by atoms with Crippen molar-refractivity contribution in [3.63, 3.8) is 0 Å². The summed E-state index contributed by atoms with van der Waals surface area (Å²) in [5.74, 6) is 1.26. The van der Waals surface area contributed by atoms with Gasteiger partial charge >= 0.3 is 5.97 Å². The van der Waals surface area contributed by atoms with Gasteiger partial charge in [0.25, 0.3) is 0 Å². The van der Waals surface area contributed by atoms with Crippen LogP contribution < -0.4 is 0 Å². The summed E-state index contributed by atoms with van der Waals surface area (Å²) in [5.41, 5.74) is 4.13. The molecule has 1 aliphatic heterocycles. The number of fused-ring (bicyclic) bond motifs is 4. The molecule has 2 saturated carbocycles. The van der Waals surface area contributed by atoms with Gasteiger partial charge in [-0.05, 0) is 99.2 Å². The molecule has 0 radical (unpaired) electrons. The van der Waals surface area contributed by atoms with Crippen LogP contribution in [0.3, 0.4) is 0 Å². The second-order valence-electron chi connectivity index (χ2n) is 15.2. The van der Waals surface area contributed by atoms with Gasteiger partial charge in [-0.3, -0.25) is 4.79 Å². The lowest BCUT2D eigenvalue weighted by Crippen LogP contribution is -2.56. The number of rotatable bonds is 5. The van der Waals surface area contributed by atoms with Gasteiger partial charge < -0.3 is 14.6 Å². The van der Waals surface area contributed by atoms with Gasteiger partial charge in [-0.2, -0.15) is 0 Å². The lowest BCUT2D eigenvalue weighted by Gasteiger charge is -2.62. The van der Waals surface area contributed by atoms with Crippen LogP contribution in [0.4, 0.5) is 0 Å². The van der Waals surface area contributed by atoms with Gasteiger partial charge in [0.1, 0.15) is 6.10 Å². The summed E-state index contributed by atoms with van der Waals surface area (Å²) in [7, 11) is 0. The maximum absolute atomic E-state index is 11.8. The summed E-state index contributed by atoms with van der Waals surface area (Å²) in [5, 5.41) is 11.3.